The number of ether oxygens (including phenoxy) is 1. The van der Waals surface area contributed by atoms with Gasteiger partial charge in [0.05, 0.1) is 12.1 Å². The van der Waals surface area contributed by atoms with E-state index in [4.69, 9.17) is 15.7 Å². The summed E-state index contributed by atoms with van der Waals surface area (Å²) >= 11 is 0. The lowest BCUT2D eigenvalue weighted by atomic mass is 10.0. The Morgan fingerprint density at radius 3 is 2.56 bits per heavy atom. The summed E-state index contributed by atoms with van der Waals surface area (Å²) in [5, 5.41) is 12.2. The minimum absolute atomic E-state index is 0.0840. The first kappa shape index (κ1) is 22.7. The van der Waals surface area contributed by atoms with Crippen LogP contribution in [-0.2, 0) is 4.79 Å². The number of amides is 1. The van der Waals surface area contributed by atoms with Crippen LogP contribution in [0.2, 0.25) is 0 Å². The topological polar surface area (TPSA) is 117 Å². The summed E-state index contributed by atoms with van der Waals surface area (Å²) in [5.41, 5.74) is 7.26. The molecular formula is C25H23FN6O2. The molecule has 0 bridgehead atoms. The lowest BCUT2D eigenvalue weighted by Gasteiger charge is -2.35. The molecule has 3 aromatic rings. The van der Waals surface area contributed by atoms with Crippen molar-refractivity contribution in [3.05, 3.63) is 73.1 Å². The summed E-state index contributed by atoms with van der Waals surface area (Å²) < 4.78 is 20.3. The van der Waals surface area contributed by atoms with E-state index >= 15 is 0 Å². The number of carbonyl (C=O) groups is 1. The third-order valence-corrected chi connectivity index (χ3v) is 5.42. The number of benzene rings is 2. The highest BCUT2D eigenvalue weighted by Crippen LogP contribution is 2.33. The van der Waals surface area contributed by atoms with Gasteiger partial charge in [0.15, 0.2) is 0 Å². The van der Waals surface area contributed by atoms with E-state index in [-0.39, 0.29) is 30.9 Å². The molecule has 9 heteroatoms. The number of aromatic nitrogens is 2. The number of piperidine rings is 1. The van der Waals surface area contributed by atoms with Crippen molar-refractivity contribution < 1.29 is 13.9 Å². The third-order valence-electron chi connectivity index (χ3n) is 5.42. The van der Waals surface area contributed by atoms with Gasteiger partial charge in [0, 0.05) is 19.0 Å². The van der Waals surface area contributed by atoms with Gasteiger partial charge in [-0.2, -0.15) is 5.26 Å². The summed E-state index contributed by atoms with van der Waals surface area (Å²) in [5.74, 6) is 1.48. The Bertz CT molecular complexity index is 1230. The third kappa shape index (κ3) is 5.13. The first-order chi connectivity index (χ1) is 16.4. The second kappa shape index (κ2) is 10.0. The molecule has 2 atom stereocenters. The molecule has 1 aromatic heterocycles. The zero-order valence-electron chi connectivity index (χ0n) is 18.3. The summed E-state index contributed by atoms with van der Waals surface area (Å²) in [7, 11) is 0. The number of alkyl halides is 1. The Morgan fingerprint density at radius 2 is 1.85 bits per heavy atom. The van der Waals surface area contributed by atoms with Crippen molar-refractivity contribution in [1.29, 1.82) is 5.26 Å². The predicted molar refractivity (Wildman–Crippen MR) is 127 cm³/mol. The van der Waals surface area contributed by atoms with Crippen LogP contribution in [0.15, 0.2) is 73.1 Å². The number of para-hydroxylation sites is 1. The zero-order valence-corrected chi connectivity index (χ0v) is 18.3. The average Bonchev–Trinajstić information content (AvgIpc) is 2.84. The summed E-state index contributed by atoms with van der Waals surface area (Å²) in [6.45, 7) is 3.56. The molecule has 1 saturated heterocycles. The van der Waals surface area contributed by atoms with Crippen LogP contribution in [-0.4, -0.2) is 46.1 Å². The lowest BCUT2D eigenvalue weighted by molar-refractivity contribution is -0.128. The van der Waals surface area contributed by atoms with Gasteiger partial charge < -0.3 is 20.7 Å². The van der Waals surface area contributed by atoms with Crippen molar-refractivity contribution in [2.45, 2.75) is 18.6 Å². The van der Waals surface area contributed by atoms with E-state index < -0.39 is 18.1 Å². The number of nitriles is 1. The number of nitrogens with two attached hydrogens (primary N) is 1. The smallest absolute Gasteiger partial charge is 0.264 e. The summed E-state index contributed by atoms with van der Waals surface area (Å²) in [6, 6.07) is 18.0. The summed E-state index contributed by atoms with van der Waals surface area (Å²) in [4.78, 5) is 22.0. The second-order valence-corrected chi connectivity index (χ2v) is 7.90. The molecule has 0 saturated carbocycles. The number of halogens is 1. The second-order valence-electron chi connectivity index (χ2n) is 7.90. The number of carbonyl (C=O) groups excluding carboxylic acids is 1. The zero-order chi connectivity index (χ0) is 24.1. The molecule has 0 aliphatic carbocycles. The number of nitrogens with zero attached hydrogens (tertiary/aromatic N) is 4. The Labute approximate surface area is 196 Å². The fourth-order valence-corrected chi connectivity index (χ4v) is 3.85. The molecule has 0 radical (unpaired) electrons. The van der Waals surface area contributed by atoms with Crippen molar-refractivity contribution in [2.75, 3.05) is 24.1 Å². The number of anilines is 2. The van der Waals surface area contributed by atoms with Crippen LogP contribution in [0.5, 0.6) is 11.5 Å². The van der Waals surface area contributed by atoms with Crippen molar-refractivity contribution >= 4 is 17.5 Å². The highest BCUT2D eigenvalue weighted by molar-refractivity contribution is 5.96. The Morgan fingerprint density at radius 1 is 1.15 bits per heavy atom. The molecule has 1 aliphatic heterocycles. The molecule has 0 spiro atoms. The number of hydrogen-bond donors (Lipinski definition) is 2. The molecule has 2 aromatic carbocycles. The van der Waals surface area contributed by atoms with Gasteiger partial charge in [-0.15, -0.1) is 0 Å². The highest BCUT2D eigenvalue weighted by atomic mass is 19.1. The fraction of sp³-hybridized carbons (Fsp3) is 0.200. The Hall–Kier alpha value is -4.45. The normalized spacial score (nSPS) is 17.5. The monoisotopic (exact) mass is 458 g/mol. The lowest BCUT2D eigenvalue weighted by Crippen LogP contribution is -2.50. The predicted octanol–water partition coefficient (Wildman–Crippen LogP) is 3.95. The van der Waals surface area contributed by atoms with E-state index in [9.17, 15) is 9.18 Å². The van der Waals surface area contributed by atoms with Gasteiger partial charge in [0.2, 0.25) is 0 Å². The molecule has 172 valence electrons. The van der Waals surface area contributed by atoms with Gasteiger partial charge in [0.25, 0.3) is 5.91 Å². The maximum Gasteiger partial charge on any atom is 0.264 e. The fourth-order valence-electron chi connectivity index (χ4n) is 3.85. The molecule has 1 aliphatic rings. The molecular weight excluding hydrogens is 435 g/mol. The molecule has 4 rings (SSSR count). The van der Waals surface area contributed by atoms with E-state index in [1.165, 1.54) is 11.2 Å². The SMILES string of the molecule is C=C(C#N)C(=O)N1C[C@H](F)C[C@@H](Nc2ncnc(N)c2-c2ccc(Oc3ccccc3)cc2)C1. The Kier molecular flexibility index (Phi) is 6.69. The Balaban J connectivity index is 1.54. The van der Waals surface area contributed by atoms with Crippen LogP contribution in [0.4, 0.5) is 16.0 Å². The van der Waals surface area contributed by atoms with Gasteiger partial charge in [-0.3, -0.25) is 4.79 Å². The number of hydrogen-bond acceptors (Lipinski definition) is 7. The summed E-state index contributed by atoms with van der Waals surface area (Å²) in [6.07, 6.45) is 0.249. The first-order valence-electron chi connectivity index (χ1n) is 10.7. The van der Waals surface area contributed by atoms with Gasteiger partial charge in [0.1, 0.15) is 47.3 Å². The van der Waals surface area contributed by atoms with Crippen LogP contribution in [0.25, 0.3) is 11.1 Å². The van der Waals surface area contributed by atoms with Crippen molar-refractivity contribution in [3.63, 3.8) is 0 Å². The van der Waals surface area contributed by atoms with Crippen LogP contribution in [0, 0.1) is 11.3 Å². The van der Waals surface area contributed by atoms with E-state index in [0.717, 1.165) is 11.3 Å². The van der Waals surface area contributed by atoms with Gasteiger partial charge in [-0.1, -0.05) is 36.9 Å². The molecule has 3 N–H and O–H groups in total. The van der Waals surface area contributed by atoms with Crippen LogP contribution < -0.4 is 15.8 Å². The average molecular weight is 458 g/mol. The highest BCUT2D eigenvalue weighted by Gasteiger charge is 2.31. The molecule has 34 heavy (non-hydrogen) atoms. The molecule has 2 heterocycles. The molecule has 1 fully saturated rings. The molecule has 0 unspecified atom stereocenters. The van der Waals surface area contributed by atoms with Gasteiger partial charge in [-0.25, -0.2) is 14.4 Å². The van der Waals surface area contributed by atoms with Crippen LogP contribution in [0.1, 0.15) is 6.42 Å². The minimum atomic E-state index is -1.25. The number of rotatable bonds is 6. The van der Waals surface area contributed by atoms with Gasteiger partial charge >= 0.3 is 0 Å². The van der Waals surface area contributed by atoms with Crippen LogP contribution in [0.3, 0.4) is 0 Å². The van der Waals surface area contributed by atoms with Gasteiger partial charge in [-0.05, 0) is 29.8 Å². The molecule has 1 amide bonds. The number of likely N-dealkylation sites (tertiary alicyclic amines) is 1. The van der Waals surface area contributed by atoms with E-state index in [0.29, 0.717) is 17.1 Å². The van der Waals surface area contributed by atoms with Crippen molar-refractivity contribution in [2.24, 2.45) is 0 Å². The standard InChI is InChI=1S/C25H23FN6O2/c1-16(12-27)25(33)32-13-18(26)11-19(14-32)31-24-22(23(28)29-15-30-24)17-7-9-21(10-8-17)34-20-5-3-2-4-6-20/h2-10,15,18-19H,1,11,13-14H2,(H3,28,29,30,31)/t18-,19-/m1/s1. The maximum atomic E-state index is 14.4. The van der Waals surface area contributed by atoms with E-state index in [1.54, 1.807) is 6.07 Å². The quantitative estimate of drug-likeness (QED) is 0.424. The van der Waals surface area contributed by atoms with Crippen LogP contribution >= 0.6 is 0 Å². The van der Waals surface area contributed by atoms with Crippen molar-refractivity contribution in [1.82, 2.24) is 14.9 Å². The van der Waals surface area contributed by atoms with E-state index in [1.807, 2.05) is 54.6 Å². The number of nitrogens with one attached hydrogen (secondary N) is 1. The minimum Gasteiger partial charge on any atom is -0.457 e. The first-order valence-corrected chi connectivity index (χ1v) is 10.7. The van der Waals surface area contributed by atoms with E-state index in [2.05, 4.69) is 21.9 Å². The number of nitrogen functional groups attached to an aromatic ring is 1. The maximum absolute atomic E-state index is 14.4. The molecule has 8 nitrogen and oxygen atoms in total. The largest absolute Gasteiger partial charge is 0.457 e. The van der Waals surface area contributed by atoms with Crippen molar-refractivity contribution in [3.8, 4) is 28.7 Å².